The molecule has 0 heterocycles. The zero-order valence-electron chi connectivity index (χ0n) is 10.0. The lowest BCUT2D eigenvalue weighted by atomic mass is 9.68. The molecule has 1 rings (SSSR count). The summed E-state index contributed by atoms with van der Waals surface area (Å²) in [5.74, 6) is 2.51. The summed E-state index contributed by atoms with van der Waals surface area (Å²) >= 11 is 0. The van der Waals surface area contributed by atoms with E-state index < -0.39 is 11.7 Å². The van der Waals surface area contributed by atoms with E-state index >= 15 is 0 Å². The second kappa shape index (κ2) is 4.55. The Morgan fingerprint density at radius 1 is 1.33 bits per heavy atom. The minimum Gasteiger partial charge on any atom is -0.389 e. The lowest BCUT2D eigenvalue weighted by Crippen LogP contribution is -2.48. The molecule has 2 heteroatoms. The molecule has 1 N–H and O–H groups in total. The Morgan fingerprint density at radius 2 is 1.87 bits per heavy atom. The van der Waals surface area contributed by atoms with Crippen LogP contribution in [0.2, 0.25) is 0 Å². The first-order valence-electron chi connectivity index (χ1n) is 5.62. The van der Waals surface area contributed by atoms with Crippen molar-refractivity contribution in [3.8, 4) is 12.3 Å². The molecule has 1 aliphatic carbocycles. The van der Waals surface area contributed by atoms with Crippen LogP contribution in [0, 0.1) is 17.8 Å². The number of hydrogen-bond acceptors (Lipinski definition) is 2. The van der Waals surface area contributed by atoms with E-state index in [1.807, 2.05) is 0 Å². The average Bonchev–Trinajstić information content (AvgIpc) is 2.19. The van der Waals surface area contributed by atoms with Crippen molar-refractivity contribution in [1.82, 2.24) is 0 Å². The predicted octanol–water partition coefficient (Wildman–Crippen LogP) is 2.36. The number of ether oxygens (including phenoxy) is 1. The second-order valence-corrected chi connectivity index (χ2v) is 5.36. The summed E-state index contributed by atoms with van der Waals surface area (Å²) < 4.78 is 5.54. The van der Waals surface area contributed by atoms with E-state index in [0.717, 1.165) is 25.7 Å². The number of aliphatic hydroxyl groups excluding tert-OH is 1. The number of aliphatic hydroxyl groups is 1. The molecule has 1 saturated carbocycles. The molecule has 86 valence electrons. The van der Waals surface area contributed by atoms with Gasteiger partial charge in [0.05, 0.1) is 11.7 Å². The van der Waals surface area contributed by atoms with Crippen LogP contribution in [-0.4, -0.2) is 23.9 Å². The van der Waals surface area contributed by atoms with Crippen LogP contribution in [0.25, 0.3) is 0 Å². The molecule has 1 atom stereocenters. The fraction of sp³-hybridized carbons (Fsp3) is 0.846. The van der Waals surface area contributed by atoms with Crippen molar-refractivity contribution in [3.05, 3.63) is 0 Å². The van der Waals surface area contributed by atoms with Gasteiger partial charge in [-0.1, -0.05) is 13.8 Å². The van der Waals surface area contributed by atoms with Gasteiger partial charge in [-0.25, -0.2) is 0 Å². The Hall–Kier alpha value is -0.520. The van der Waals surface area contributed by atoms with Gasteiger partial charge in [-0.15, -0.1) is 12.3 Å². The summed E-state index contributed by atoms with van der Waals surface area (Å²) in [4.78, 5) is 0. The third kappa shape index (κ3) is 2.74. The smallest absolute Gasteiger partial charge is 0.0946 e. The molecule has 0 spiro atoms. The highest BCUT2D eigenvalue weighted by Gasteiger charge is 2.43. The van der Waals surface area contributed by atoms with Gasteiger partial charge in [0.2, 0.25) is 0 Å². The minimum absolute atomic E-state index is 0.373. The van der Waals surface area contributed by atoms with Crippen molar-refractivity contribution in [1.29, 1.82) is 0 Å². The van der Waals surface area contributed by atoms with Crippen LogP contribution in [0.5, 0.6) is 0 Å². The molecule has 1 fully saturated rings. The number of hydrogen-bond donors (Lipinski definition) is 1. The van der Waals surface area contributed by atoms with Crippen LogP contribution < -0.4 is 0 Å². The molecule has 0 aromatic heterocycles. The Balaban J connectivity index is 2.68. The normalized spacial score (nSPS) is 25.5. The molecule has 0 bridgehead atoms. The van der Waals surface area contributed by atoms with Gasteiger partial charge in [-0.2, -0.15) is 0 Å². The lowest BCUT2D eigenvalue weighted by Gasteiger charge is -2.44. The van der Waals surface area contributed by atoms with Gasteiger partial charge < -0.3 is 9.84 Å². The van der Waals surface area contributed by atoms with Gasteiger partial charge in [0.25, 0.3) is 0 Å². The van der Waals surface area contributed by atoms with Crippen molar-refractivity contribution >= 4 is 0 Å². The van der Waals surface area contributed by atoms with E-state index in [0.29, 0.717) is 11.8 Å². The van der Waals surface area contributed by atoms with E-state index in [9.17, 15) is 5.11 Å². The summed E-state index contributed by atoms with van der Waals surface area (Å²) in [6.45, 7) is 4.53. The van der Waals surface area contributed by atoms with E-state index in [1.165, 1.54) is 0 Å². The maximum absolute atomic E-state index is 10.0. The SMILES string of the molecule is C#CCC(O)C1(OC)CCC(C)(C)CC1. The van der Waals surface area contributed by atoms with Crippen LogP contribution in [0.1, 0.15) is 46.0 Å². The van der Waals surface area contributed by atoms with Crippen LogP contribution in [0.4, 0.5) is 0 Å². The molecule has 15 heavy (non-hydrogen) atoms. The highest BCUT2D eigenvalue weighted by Crippen LogP contribution is 2.43. The molecule has 0 saturated heterocycles. The van der Waals surface area contributed by atoms with Gasteiger partial charge in [-0.05, 0) is 31.1 Å². The fourth-order valence-electron chi connectivity index (χ4n) is 2.32. The van der Waals surface area contributed by atoms with E-state index in [1.54, 1.807) is 7.11 Å². The zero-order chi connectivity index (χ0) is 11.5. The summed E-state index contributed by atoms with van der Waals surface area (Å²) in [7, 11) is 1.68. The maximum Gasteiger partial charge on any atom is 0.0946 e. The molecular formula is C13H22O2. The second-order valence-electron chi connectivity index (χ2n) is 5.36. The highest BCUT2D eigenvalue weighted by atomic mass is 16.5. The van der Waals surface area contributed by atoms with E-state index in [2.05, 4.69) is 19.8 Å². The number of methoxy groups -OCH3 is 1. The van der Waals surface area contributed by atoms with Gasteiger partial charge in [-0.3, -0.25) is 0 Å². The standard InChI is InChI=1S/C13H22O2/c1-5-6-11(14)13(15-4)9-7-12(2,3)8-10-13/h1,11,14H,6-10H2,2-4H3. The predicted molar refractivity (Wildman–Crippen MR) is 61.4 cm³/mol. The summed E-state index contributed by atoms with van der Waals surface area (Å²) in [5.41, 5.74) is -0.0280. The molecule has 0 aliphatic heterocycles. The van der Waals surface area contributed by atoms with Crippen molar-refractivity contribution in [2.24, 2.45) is 5.41 Å². The first-order chi connectivity index (χ1) is 6.96. The molecule has 0 aromatic rings. The fourth-order valence-corrected chi connectivity index (χ4v) is 2.32. The zero-order valence-corrected chi connectivity index (χ0v) is 10.0. The summed E-state index contributed by atoms with van der Waals surface area (Å²) in [6.07, 6.45) is 9.07. The Bertz CT molecular complexity index is 240. The largest absolute Gasteiger partial charge is 0.389 e. The van der Waals surface area contributed by atoms with Gasteiger partial charge in [0, 0.05) is 13.5 Å². The number of rotatable bonds is 3. The Kier molecular flexibility index (Phi) is 3.81. The lowest BCUT2D eigenvalue weighted by molar-refractivity contribution is -0.133. The van der Waals surface area contributed by atoms with Crippen molar-refractivity contribution in [2.45, 2.75) is 57.7 Å². The van der Waals surface area contributed by atoms with E-state index in [-0.39, 0.29) is 0 Å². The van der Waals surface area contributed by atoms with Crippen LogP contribution in [-0.2, 0) is 4.74 Å². The molecular weight excluding hydrogens is 188 g/mol. The maximum atomic E-state index is 10.0. The summed E-state index contributed by atoms with van der Waals surface area (Å²) in [6, 6.07) is 0. The molecule has 1 aliphatic rings. The molecule has 2 nitrogen and oxygen atoms in total. The monoisotopic (exact) mass is 210 g/mol. The van der Waals surface area contributed by atoms with Crippen LogP contribution >= 0.6 is 0 Å². The van der Waals surface area contributed by atoms with Crippen molar-refractivity contribution in [3.63, 3.8) is 0 Å². The third-order valence-corrected chi connectivity index (χ3v) is 3.77. The van der Waals surface area contributed by atoms with Crippen molar-refractivity contribution in [2.75, 3.05) is 7.11 Å². The van der Waals surface area contributed by atoms with Crippen molar-refractivity contribution < 1.29 is 9.84 Å². The molecule has 0 amide bonds. The Morgan fingerprint density at radius 3 is 2.27 bits per heavy atom. The average molecular weight is 210 g/mol. The van der Waals surface area contributed by atoms with E-state index in [4.69, 9.17) is 11.2 Å². The van der Waals surface area contributed by atoms with Gasteiger partial charge >= 0.3 is 0 Å². The third-order valence-electron chi connectivity index (χ3n) is 3.77. The quantitative estimate of drug-likeness (QED) is 0.725. The molecule has 1 unspecified atom stereocenters. The van der Waals surface area contributed by atoms with Gasteiger partial charge in [0.15, 0.2) is 0 Å². The first kappa shape index (κ1) is 12.5. The summed E-state index contributed by atoms with van der Waals surface area (Å²) in [5, 5.41) is 10.0. The molecule has 0 radical (unpaired) electrons. The Labute approximate surface area is 93.0 Å². The van der Waals surface area contributed by atoms with Crippen LogP contribution in [0.3, 0.4) is 0 Å². The van der Waals surface area contributed by atoms with Gasteiger partial charge in [0.1, 0.15) is 0 Å². The first-order valence-corrected chi connectivity index (χ1v) is 5.62. The minimum atomic E-state index is -0.524. The topological polar surface area (TPSA) is 29.5 Å². The molecule has 0 aromatic carbocycles. The van der Waals surface area contributed by atoms with Crippen LogP contribution in [0.15, 0.2) is 0 Å². The highest BCUT2D eigenvalue weighted by molar-refractivity contribution is 5.00. The number of terminal acetylenes is 1.